The van der Waals surface area contributed by atoms with Crippen molar-refractivity contribution >= 4 is 39.6 Å². The van der Waals surface area contributed by atoms with Gasteiger partial charge in [-0.3, -0.25) is 4.79 Å². The van der Waals surface area contributed by atoms with Gasteiger partial charge in [0.1, 0.15) is 0 Å². The smallest absolute Gasteiger partial charge is 0.337 e. The first kappa shape index (κ1) is 15.0. The van der Waals surface area contributed by atoms with Crippen LogP contribution in [0, 0.1) is 0 Å². The zero-order chi connectivity index (χ0) is 15.4. The van der Waals surface area contributed by atoms with Crippen LogP contribution in [0.25, 0.3) is 6.08 Å². The number of anilines is 1. The average molecular weight is 346 g/mol. The van der Waals surface area contributed by atoms with Gasteiger partial charge in [-0.2, -0.15) is 0 Å². The summed E-state index contributed by atoms with van der Waals surface area (Å²) in [6.45, 7) is 3.64. The monoisotopic (exact) mass is 345 g/mol. The lowest BCUT2D eigenvalue weighted by Crippen LogP contribution is -2.14. The molecule has 2 N–H and O–H groups in total. The van der Waals surface area contributed by atoms with Crippen LogP contribution < -0.4 is 5.32 Å². The second kappa shape index (κ2) is 6.37. The topological polar surface area (TPSA) is 66.4 Å². The van der Waals surface area contributed by atoms with Crippen LogP contribution in [-0.4, -0.2) is 17.0 Å². The van der Waals surface area contributed by atoms with E-state index in [1.165, 1.54) is 6.07 Å². The highest BCUT2D eigenvalue weighted by molar-refractivity contribution is 9.10. The van der Waals surface area contributed by atoms with Crippen LogP contribution in [0.15, 0.2) is 53.5 Å². The van der Waals surface area contributed by atoms with Crippen LogP contribution in [-0.2, 0) is 0 Å². The highest BCUT2D eigenvalue weighted by Gasteiger charge is 2.14. The Balaban J connectivity index is 2.26. The van der Waals surface area contributed by atoms with E-state index in [4.69, 9.17) is 5.11 Å². The number of carboxylic acids is 1. The molecule has 0 aliphatic carbocycles. The van der Waals surface area contributed by atoms with Gasteiger partial charge in [0.2, 0.25) is 0 Å². The molecule has 0 spiro atoms. The molecule has 0 radical (unpaired) electrons. The fourth-order valence-electron chi connectivity index (χ4n) is 1.77. The van der Waals surface area contributed by atoms with Crippen molar-refractivity contribution in [3.05, 3.63) is 70.2 Å². The predicted octanol–water partition coefficient (Wildman–Crippen LogP) is 4.04. The molecule has 0 atom stereocenters. The van der Waals surface area contributed by atoms with E-state index in [-0.39, 0.29) is 17.2 Å². The Morgan fingerprint density at radius 2 is 1.81 bits per heavy atom. The number of carbonyl (C=O) groups is 2. The average Bonchev–Trinajstić information content (AvgIpc) is 2.49. The molecule has 0 aliphatic rings. The standard InChI is InChI=1S/C16H12BrNO3/c1-2-10-3-5-11(6-4-10)15(19)18-14-8-7-12(17)9-13(14)16(20)21/h2-9H,1H2,(H,18,19)(H,20,21). The van der Waals surface area contributed by atoms with E-state index >= 15 is 0 Å². The lowest BCUT2D eigenvalue weighted by atomic mass is 10.1. The summed E-state index contributed by atoms with van der Waals surface area (Å²) in [5.41, 5.74) is 1.63. The predicted molar refractivity (Wildman–Crippen MR) is 85.6 cm³/mol. The third-order valence-electron chi connectivity index (χ3n) is 2.87. The van der Waals surface area contributed by atoms with Crippen molar-refractivity contribution in [1.82, 2.24) is 0 Å². The normalized spacial score (nSPS) is 9.95. The van der Waals surface area contributed by atoms with Gasteiger partial charge in [0.05, 0.1) is 11.3 Å². The minimum absolute atomic E-state index is 0.0282. The molecule has 0 aliphatic heterocycles. The van der Waals surface area contributed by atoms with Gasteiger partial charge < -0.3 is 10.4 Å². The lowest BCUT2D eigenvalue weighted by molar-refractivity contribution is 0.0698. The summed E-state index contributed by atoms with van der Waals surface area (Å²) < 4.78 is 0.633. The quantitative estimate of drug-likeness (QED) is 0.878. The molecule has 2 aromatic carbocycles. The SMILES string of the molecule is C=Cc1ccc(C(=O)Nc2ccc(Br)cc2C(=O)O)cc1. The van der Waals surface area contributed by atoms with Crippen LogP contribution >= 0.6 is 15.9 Å². The molecule has 1 amide bonds. The number of amides is 1. The Bertz CT molecular complexity index is 708. The molecule has 0 fully saturated rings. The van der Waals surface area contributed by atoms with E-state index in [0.29, 0.717) is 10.0 Å². The van der Waals surface area contributed by atoms with Crippen molar-refractivity contribution in [1.29, 1.82) is 0 Å². The number of hydrogen-bond acceptors (Lipinski definition) is 2. The number of halogens is 1. The molecule has 0 aromatic heterocycles. The number of carboxylic acid groups (broad SMARTS) is 1. The van der Waals surface area contributed by atoms with Gasteiger partial charge in [0.25, 0.3) is 5.91 Å². The van der Waals surface area contributed by atoms with E-state index < -0.39 is 5.97 Å². The summed E-state index contributed by atoms with van der Waals surface area (Å²) in [6.07, 6.45) is 1.68. The zero-order valence-corrected chi connectivity index (χ0v) is 12.6. The third-order valence-corrected chi connectivity index (χ3v) is 3.36. The van der Waals surface area contributed by atoms with E-state index in [2.05, 4.69) is 27.8 Å². The van der Waals surface area contributed by atoms with Crippen molar-refractivity contribution in [3.8, 4) is 0 Å². The number of hydrogen-bond donors (Lipinski definition) is 2. The molecule has 0 bridgehead atoms. The van der Waals surface area contributed by atoms with Gasteiger partial charge in [-0.05, 0) is 35.9 Å². The van der Waals surface area contributed by atoms with Gasteiger partial charge >= 0.3 is 5.97 Å². The third kappa shape index (κ3) is 3.58. The largest absolute Gasteiger partial charge is 0.478 e. The summed E-state index contributed by atoms with van der Waals surface area (Å²) in [5, 5.41) is 11.8. The Hall–Kier alpha value is -2.40. The molecule has 5 heteroatoms. The molecule has 0 heterocycles. The number of rotatable bonds is 4. The maximum atomic E-state index is 12.1. The molecule has 2 rings (SSSR count). The first-order chi connectivity index (χ1) is 10.0. The molecule has 106 valence electrons. The Morgan fingerprint density at radius 3 is 2.38 bits per heavy atom. The van der Waals surface area contributed by atoms with Crippen molar-refractivity contribution in [3.63, 3.8) is 0 Å². The number of aromatic carboxylic acids is 1. The number of carbonyl (C=O) groups excluding carboxylic acids is 1. The highest BCUT2D eigenvalue weighted by Crippen LogP contribution is 2.22. The molecule has 0 saturated heterocycles. The molecule has 2 aromatic rings. The fourth-order valence-corrected chi connectivity index (χ4v) is 2.13. The molecular formula is C16H12BrNO3. The van der Waals surface area contributed by atoms with Crippen LogP contribution in [0.2, 0.25) is 0 Å². The summed E-state index contributed by atoms with van der Waals surface area (Å²) in [5.74, 6) is -1.47. The van der Waals surface area contributed by atoms with Crippen LogP contribution in [0.4, 0.5) is 5.69 Å². The highest BCUT2D eigenvalue weighted by atomic mass is 79.9. The fraction of sp³-hybridized carbons (Fsp3) is 0. The molecule has 0 unspecified atom stereocenters. The maximum Gasteiger partial charge on any atom is 0.337 e. The second-order valence-corrected chi connectivity index (χ2v) is 5.19. The Morgan fingerprint density at radius 1 is 1.14 bits per heavy atom. The van der Waals surface area contributed by atoms with E-state index in [1.807, 2.05) is 0 Å². The number of benzene rings is 2. The van der Waals surface area contributed by atoms with Crippen molar-refractivity contribution in [2.75, 3.05) is 5.32 Å². The summed E-state index contributed by atoms with van der Waals surface area (Å²) in [6, 6.07) is 11.5. The minimum Gasteiger partial charge on any atom is -0.478 e. The van der Waals surface area contributed by atoms with Gasteiger partial charge in [0, 0.05) is 10.0 Å². The van der Waals surface area contributed by atoms with Crippen molar-refractivity contribution < 1.29 is 14.7 Å². The van der Waals surface area contributed by atoms with Crippen LogP contribution in [0.3, 0.4) is 0 Å². The summed E-state index contributed by atoms with van der Waals surface area (Å²) in [4.78, 5) is 23.3. The molecular weight excluding hydrogens is 334 g/mol. The first-order valence-electron chi connectivity index (χ1n) is 6.08. The Kier molecular flexibility index (Phi) is 4.55. The van der Waals surface area contributed by atoms with Crippen LogP contribution in [0.5, 0.6) is 0 Å². The van der Waals surface area contributed by atoms with E-state index in [0.717, 1.165) is 5.56 Å². The van der Waals surface area contributed by atoms with Crippen LogP contribution in [0.1, 0.15) is 26.3 Å². The minimum atomic E-state index is -1.10. The van der Waals surface area contributed by atoms with Gasteiger partial charge in [-0.25, -0.2) is 4.79 Å². The Labute approximate surface area is 130 Å². The molecule has 4 nitrogen and oxygen atoms in total. The van der Waals surface area contributed by atoms with Crippen molar-refractivity contribution in [2.24, 2.45) is 0 Å². The summed E-state index contributed by atoms with van der Waals surface area (Å²) >= 11 is 3.21. The van der Waals surface area contributed by atoms with Gasteiger partial charge in [0.15, 0.2) is 0 Å². The summed E-state index contributed by atoms with van der Waals surface area (Å²) in [7, 11) is 0. The van der Waals surface area contributed by atoms with Crippen molar-refractivity contribution in [2.45, 2.75) is 0 Å². The van der Waals surface area contributed by atoms with E-state index in [9.17, 15) is 9.59 Å². The molecule has 0 saturated carbocycles. The maximum absolute atomic E-state index is 12.1. The number of nitrogens with one attached hydrogen (secondary N) is 1. The van der Waals surface area contributed by atoms with Gasteiger partial charge in [-0.15, -0.1) is 0 Å². The first-order valence-corrected chi connectivity index (χ1v) is 6.87. The van der Waals surface area contributed by atoms with E-state index in [1.54, 1.807) is 42.5 Å². The molecule has 21 heavy (non-hydrogen) atoms. The van der Waals surface area contributed by atoms with Gasteiger partial charge in [-0.1, -0.05) is 40.7 Å². The zero-order valence-electron chi connectivity index (χ0n) is 11.0. The lowest BCUT2D eigenvalue weighted by Gasteiger charge is -2.09. The second-order valence-electron chi connectivity index (χ2n) is 4.28.